The number of fused-ring (bicyclic) bond motifs is 1. The van der Waals surface area contributed by atoms with E-state index < -0.39 is 0 Å². The zero-order chi connectivity index (χ0) is 14.5. The molecule has 0 aliphatic rings. The van der Waals surface area contributed by atoms with Gasteiger partial charge < -0.3 is 5.11 Å². The topological polar surface area (TPSA) is 32.6 Å². The summed E-state index contributed by atoms with van der Waals surface area (Å²) in [5, 5.41) is 11.8. The SMILES string of the molecule is Oc1ccc(/C=C/C=Nc2ccccc2)c2ccccc12. The molecule has 0 fully saturated rings. The second-order valence-electron chi connectivity index (χ2n) is 4.69. The minimum absolute atomic E-state index is 0.306. The molecule has 0 spiro atoms. The van der Waals surface area contributed by atoms with E-state index in [1.54, 1.807) is 12.3 Å². The predicted molar refractivity (Wildman–Crippen MR) is 89.2 cm³/mol. The van der Waals surface area contributed by atoms with E-state index in [0.717, 1.165) is 22.0 Å². The van der Waals surface area contributed by atoms with Crippen LogP contribution in [0.4, 0.5) is 5.69 Å². The standard InChI is InChI=1S/C19H15NO/c21-19-13-12-15(17-10-4-5-11-18(17)19)7-6-14-20-16-8-2-1-3-9-16/h1-14,21H/b7-6+,20-14?. The molecule has 0 unspecified atom stereocenters. The molecule has 0 amide bonds. The van der Waals surface area contributed by atoms with E-state index in [4.69, 9.17) is 0 Å². The molecule has 3 aromatic rings. The van der Waals surface area contributed by atoms with Crippen molar-refractivity contribution in [1.82, 2.24) is 0 Å². The van der Waals surface area contributed by atoms with Crippen LogP contribution in [-0.2, 0) is 0 Å². The van der Waals surface area contributed by atoms with Crippen LogP contribution in [0.5, 0.6) is 5.75 Å². The number of hydrogen-bond acceptors (Lipinski definition) is 2. The lowest BCUT2D eigenvalue weighted by molar-refractivity contribution is 0.481. The van der Waals surface area contributed by atoms with Crippen molar-refractivity contribution in [1.29, 1.82) is 0 Å². The van der Waals surface area contributed by atoms with Gasteiger partial charge in [-0.3, -0.25) is 4.99 Å². The molecule has 0 aromatic heterocycles. The Morgan fingerprint density at radius 1 is 0.762 bits per heavy atom. The zero-order valence-electron chi connectivity index (χ0n) is 11.5. The molecule has 0 saturated carbocycles. The Hall–Kier alpha value is -2.87. The van der Waals surface area contributed by atoms with Gasteiger partial charge in [0.05, 0.1) is 5.69 Å². The van der Waals surface area contributed by atoms with Gasteiger partial charge in [-0.1, -0.05) is 54.6 Å². The van der Waals surface area contributed by atoms with Crippen LogP contribution in [0.3, 0.4) is 0 Å². The Kier molecular flexibility index (Phi) is 3.79. The van der Waals surface area contributed by atoms with Crippen LogP contribution < -0.4 is 0 Å². The van der Waals surface area contributed by atoms with Crippen LogP contribution in [0.25, 0.3) is 16.8 Å². The summed E-state index contributed by atoms with van der Waals surface area (Å²) in [5.41, 5.74) is 1.99. The molecule has 0 atom stereocenters. The van der Waals surface area contributed by atoms with E-state index in [1.165, 1.54) is 0 Å². The summed E-state index contributed by atoms with van der Waals surface area (Å²) in [6, 6.07) is 21.2. The highest BCUT2D eigenvalue weighted by Gasteiger charge is 2.01. The molecule has 102 valence electrons. The normalized spacial score (nSPS) is 11.6. The summed E-state index contributed by atoms with van der Waals surface area (Å²) >= 11 is 0. The van der Waals surface area contributed by atoms with Gasteiger partial charge >= 0.3 is 0 Å². The molecule has 0 heterocycles. The maximum atomic E-state index is 9.87. The second-order valence-corrected chi connectivity index (χ2v) is 4.69. The molecular weight excluding hydrogens is 258 g/mol. The molecule has 0 saturated heterocycles. The molecule has 2 nitrogen and oxygen atoms in total. The smallest absolute Gasteiger partial charge is 0.123 e. The van der Waals surface area contributed by atoms with Crippen LogP contribution in [0.2, 0.25) is 0 Å². The van der Waals surface area contributed by atoms with Crippen molar-refractivity contribution in [2.24, 2.45) is 4.99 Å². The Labute approximate surface area is 123 Å². The first-order chi connectivity index (χ1) is 10.3. The highest BCUT2D eigenvalue weighted by atomic mass is 16.3. The first kappa shape index (κ1) is 13.1. The Morgan fingerprint density at radius 2 is 1.48 bits per heavy atom. The number of aromatic hydroxyl groups is 1. The lowest BCUT2D eigenvalue weighted by Crippen LogP contribution is -1.79. The number of phenolic OH excluding ortho intramolecular Hbond substituents is 1. The second kappa shape index (κ2) is 6.06. The third-order valence-electron chi connectivity index (χ3n) is 3.28. The number of nitrogens with zero attached hydrogens (tertiary/aromatic N) is 1. The third-order valence-corrected chi connectivity index (χ3v) is 3.28. The van der Waals surface area contributed by atoms with E-state index >= 15 is 0 Å². The number of phenols is 1. The summed E-state index contributed by atoms with van der Waals surface area (Å²) in [4.78, 5) is 4.36. The van der Waals surface area contributed by atoms with Crippen LogP contribution in [0, 0.1) is 0 Å². The first-order valence-electron chi connectivity index (χ1n) is 6.81. The lowest BCUT2D eigenvalue weighted by atomic mass is 10.0. The van der Waals surface area contributed by atoms with Gasteiger partial charge in [0, 0.05) is 11.6 Å². The summed E-state index contributed by atoms with van der Waals surface area (Å²) in [6.07, 6.45) is 5.68. The van der Waals surface area contributed by atoms with Gasteiger partial charge in [0.2, 0.25) is 0 Å². The Balaban J connectivity index is 1.87. The maximum absolute atomic E-state index is 9.87. The van der Waals surface area contributed by atoms with Crippen molar-refractivity contribution >= 4 is 28.8 Å². The number of allylic oxidation sites excluding steroid dienone is 1. The van der Waals surface area contributed by atoms with Crippen LogP contribution >= 0.6 is 0 Å². The van der Waals surface area contributed by atoms with Crippen LogP contribution in [0.1, 0.15) is 5.56 Å². The van der Waals surface area contributed by atoms with Crippen molar-refractivity contribution < 1.29 is 5.11 Å². The Morgan fingerprint density at radius 3 is 2.29 bits per heavy atom. The van der Waals surface area contributed by atoms with E-state index in [9.17, 15) is 5.11 Å². The minimum atomic E-state index is 0.306. The monoisotopic (exact) mass is 273 g/mol. The molecule has 0 radical (unpaired) electrons. The van der Waals surface area contributed by atoms with Crippen LogP contribution in [-0.4, -0.2) is 11.3 Å². The lowest BCUT2D eigenvalue weighted by Gasteiger charge is -2.03. The molecule has 21 heavy (non-hydrogen) atoms. The molecule has 3 aromatic carbocycles. The molecule has 3 rings (SSSR count). The van der Waals surface area contributed by atoms with Gasteiger partial charge in [-0.25, -0.2) is 0 Å². The average molecular weight is 273 g/mol. The first-order valence-corrected chi connectivity index (χ1v) is 6.81. The quantitative estimate of drug-likeness (QED) is 0.672. The summed E-state index contributed by atoms with van der Waals surface area (Å²) in [7, 11) is 0. The van der Waals surface area contributed by atoms with Crippen molar-refractivity contribution in [3.8, 4) is 5.75 Å². The molecule has 2 heteroatoms. The molecular formula is C19H15NO. The highest BCUT2D eigenvalue weighted by molar-refractivity contribution is 5.96. The van der Waals surface area contributed by atoms with Crippen molar-refractivity contribution in [3.05, 3.63) is 78.4 Å². The van der Waals surface area contributed by atoms with Gasteiger partial charge in [0.1, 0.15) is 5.75 Å². The number of benzene rings is 3. The largest absolute Gasteiger partial charge is 0.507 e. The summed E-state index contributed by atoms with van der Waals surface area (Å²) < 4.78 is 0. The number of para-hydroxylation sites is 1. The highest BCUT2D eigenvalue weighted by Crippen LogP contribution is 2.27. The van der Waals surface area contributed by atoms with Gasteiger partial charge in [-0.2, -0.15) is 0 Å². The zero-order valence-corrected chi connectivity index (χ0v) is 11.5. The summed E-state index contributed by atoms with van der Waals surface area (Å²) in [6.45, 7) is 0. The number of rotatable bonds is 3. The third kappa shape index (κ3) is 3.00. The molecule has 0 aliphatic heterocycles. The fraction of sp³-hybridized carbons (Fsp3) is 0. The van der Waals surface area contributed by atoms with E-state index in [-0.39, 0.29) is 0 Å². The van der Waals surface area contributed by atoms with Gasteiger partial charge in [0.25, 0.3) is 0 Å². The number of aliphatic imine (C=N–C) groups is 1. The van der Waals surface area contributed by atoms with E-state index in [1.807, 2.05) is 72.8 Å². The van der Waals surface area contributed by atoms with E-state index in [2.05, 4.69) is 4.99 Å². The van der Waals surface area contributed by atoms with Gasteiger partial charge in [-0.15, -0.1) is 0 Å². The Bertz CT molecular complexity index is 804. The molecule has 0 bridgehead atoms. The van der Waals surface area contributed by atoms with Gasteiger partial charge in [-0.05, 0) is 35.2 Å². The fourth-order valence-electron chi connectivity index (χ4n) is 2.24. The minimum Gasteiger partial charge on any atom is -0.507 e. The predicted octanol–water partition coefficient (Wildman–Crippen LogP) is 4.96. The maximum Gasteiger partial charge on any atom is 0.123 e. The molecule has 1 N–H and O–H groups in total. The fourth-order valence-corrected chi connectivity index (χ4v) is 2.24. The van der Waals surface area contributed by atoms with Crippen LogP contribution in [0.15, 0.2) is 77.8 Å². The van der Waals surface area contributed by atoms with Crippen molar-refractivity contribution in [2.75, 3.05) is 0 Å². The van der Waals surface area contributed by atoms with E-state index in [0.29, 0.717) is 5.75 Å². The average Bonchev–Trinajstić information content (AvgIpc) is 2.55. The van der Waals surface area contributed by atoms with Crippen molar-refractivity contribution in [2.45, 2.75) is 0 Å². The summed E-state index contributed by atoms with van der Waals surface area (Å²) in [5.74, 6) is 0.306. The number of hydrogen-bond donors (Lipinski definition) is 1. The molecule has 0 aliphatic carbocycles. The van der Waals surface area contributed by atoms with Crippen molar-refractivity contribution in [3.63, 3.8) is 0 Å². The van der Waals surface area contributed by atoms with Gasteiger partial charge in [0.15, 0.2) is 0 Å².